The Hall–Kier alpha value is -3.82. The van der Waals surface area contributed by atoms with Gasteiger partial charge in [0.2, 0.25) is 5.88 Å². The van der Waals surface area contributed by atoms with Crippen molar-refractivity contribution in [2.24, 2.45) is 0 Å². The van der Waals surface area contributed by atoms with Crippen LogP contribution in [0.4, 0.5) is 10.6 Å². The lowest BCUT2D eigenvalue weighted by molar-refractivity contribution is 0.118. The summed E-state index contributed by atoms with van der Waals surface area (Å²) in [6.45, 7) is 4.50. The summed E-state index contributed by atoms with van der Waals surface area (Å²) in [6.07, 6.45) is 3.95. The molecule has 0 saturated carbocycles. The van der Waals surface area contributed by atoms with Crippen molar-refractivity contribution in [3.63, 3.8) is 0 Å². The third kappa shape index (κ3) is 5.20. The molecule has 0 spiro atoms. The van der Waals surface area contributed by atoms with Crippen molar-refractivity contribution in [2.75, 3.05) is 44.7 Å². The Balaban J connectivity index is 1.35. The lowest BCUT2D eigenvalue weighted by atomic mass is 9.95. The standard InChI is InChI=1S/C28H33ClN8O4/c1-16-12-21-20(13-31-34-21)23(24(16)29)22-6-5-19-25(36-10-11-37(28(38)39)17(14-36)7-8-30)32-27(33-26(19)41-22)40-15-18-4-3-9-35(18)2/h12-13,17-18,22H,3-7,9-11,14-15H2,1-2H3,(H,31,34)(H,38,39)/t17-,18-,22?/m0/s1. The number of aromatic nitrogens is 4. The van der Waals surface area contributed by atoms with Gasteiger partial charge in [-0.05, 0) is 57.8 Å². The van der Waals surface area contributed by atoms with Crippen LogP contribution in [0.5, 0.6) is 11.9 Å². The summed E-state index contributed by atoms with van der Waals surface area (Å²) in [5.74, 6) is 1.10. The monoisotopic (exact) mass is 580 g/mol. The van der Waals surface area contributed by atoms with Crippen molar-refractivity contribution in [1.82, 2.24) is 30.0 Å². The normalized spacial score (nSPS) is 22.8. The third-order valence-electron chi connectivity index (χ3n) is 8.49. The molecule has 41 heavy (non-hydrogen) atoms. The number of aromatic amines is 1. The summed E-state index contributed by atoms with van der Waals surface area (Å²) in [6, 6.07) is 4.15. The Morgan fingerprint density at radius 1 is 1.29 bits per heavy atom. The third-order valence-corrected chi connectivity index (χ3v) is 8.99. The Labute approximate surface area is 242 Å². The molecular weight excluding hydrogens is 548 g/mol. The molecule has 1 amide bonds. The number of hydrogen-bond acceptors (Lipinski definition) is 9. The lowest BCUT2D eigenvalue weighted by Gasteiger charge is -2.40. The summed E-state index contributed by atoms with van der Waals surface area (Å²) in [5, 5.41) is 27.8. The number of benzene rings is 1. The molecule has 2 aromatic heterocycles. The number of likely N-dealkylation sites (tertiary alicyclic amines) is 1. The number of anilines is 1. The number of nitrogens with one attached hydrogen (secondary N) is 1. The van der Waals surface area contributed by atoms with Crippen LogP contribution in [-0.2, 0) is 6.42 Å². The Morgan fingerprint density at radius 3 is 2.90 bits per heavy atom. The summed E-state index contributed by atoms with van der Waals surface area (Å²) >= 11 is 6.82. The van der Waals surface area contributed by atoms with Gasteiger partial charge in [0.25, 0.3) is 0 Å². The smallest absolute Gasteiger partial charge is 0.407 e. The van der Waals surface area contributed by atoms with Crippen LogP contribution in [0, 0.1) is 18.3 Å². The summed E-state index contributed by atoms with van der Waals surface area (Å²) in [4.78, 5) is 27.0. The first kappa shape index (κ1) is 27.4. The quantitative estimate of drug-likeness (QED) is 0.440. The fourth-order valence-corrected chi connectivity index (χ4v) is 6.51. The van der Waals surface area contributed by atoms with Crippen molar-refractivity contribution in [3.8, 4) is 18.0 Å². The van der Waals surface area contributed by atoms with Crippen LogP contribution >= 0.6 is 11.6 Å². The van der Waals surface area contributed by atoms with Gasteiger partial charge in [-0.25, -0.2) is 4.79 Å². The van der Waals surface area contributed by atoms with E-state index < -0.39 is 12.1 Å². The zero-order chi connectivity index (χ0) is 28.7. The summed E-state index contributed by atoms with van der Waals surface area (Å²) in [7, 11) is 2.09. The minimum absolute atomic E-state index is 0.0958. The number of nitriles is 1. The Kier molecular flexibility index (Phi) is 7.48. The zero-order valence-corrected chi connectivity index (χ0v) is 23.9. The second-order valence-corrected chi connectivity index (χ2v) is 11.4. The fourth-order valence-electron chi connectivity index (χ4n) is 6.23. The molecule has 6 rings (SSSR count). The number of carbonyl (C=O) groups is 1. The van der Waals surface area contributed by atoms with Crippen molar-refractivity contribution in [2.45, 2.75) is 57.2 Å². The van der Waals surface area contributed by atoms with E-state index in [9.17, 15) is 15.2 Å². The van der Waals surface area contributed by atoms with E-state index in [-0.39, 0.29) is 31.1 Å². The molecule has 3 aromatic rings. The average molecular weight is 581 g/mol. The van der Waals surface area contributed by atoms with Gasteiger partial charge >= 0.3 is 12.1 Å². The van der Waals surface area contributed by atoms with Crippen LogP contribution in [0.1, 0.15) is 48.5 Å². The molecule has 3 atom stereocenters. The largest absolute Gasteiger partial charge is 0.469 e. The van der Waals surface area contributed by atoms with E-state index in [0.29, 0.717) is 49.3 Å². The highest BCUT2D eigenvalue weighted by Gasteiger charge is 2.36. The van der Waals surface area contributed by atoms with Crippen LogP contribution in [-0.4, -0.2) is 93.1 Å². The molecule has 13 heteroatoms. The highest BCUT2D eigenvalue weighted by atomic mass is 35.5. The minimum atomic E-state index is -1.02. The van der Waals surface area contributed by atoms with Crippen molar-refractivity contribution < 1.29 is 19.4 Å². The molecule has 216 valence electrons. The number of ether oxygens (including phenoxy) is 2. The highest BCUT2D eigenvalue weighted by Crippen LogP contribution is 2.43. The number of H-pyrrole nitrogens is 1. The lowest BCUT2D eigenvalue weighted by Crippen LogP contribution is -2.55. The van der Waals surface area contributed by atoms with Crippen LogP contribution < -0.4 is 14.4 Å². The van der Waals surface area contributed by atoms with Gasteiger partial charge in [-0.2, -0.15) is 20.3 Å². The van der Waals surface area contributed by atoms with Gasteiger partial charge in [0, 0.05) is 36.6 Å². The molecule has 0 aliphatic carbocycles. The molecule has 12 nitrogen and oxygen atoms in total. The molecule has 5 heterocycles. The number of amides is 1. The first-order chi connectivity index (χ1) is 19.8. The highest BCUT2D eigenvalue weighted by molar-refractivity contribution is 6.33. The van der Waals surface area contributed by atoms with Gasteiger partial charge in [0.1, 0.15) is 18.5 Å². The number of hydrogen-bond donors (Lipinski definition) is 2. The van der Waals surface area contributed by atoms with Crippen LogP contribution in [0.15, 0.2) is 12.3 Å². The molecule has 0 bridgehead atoms. The molecule has 3 aliphatic heterocycles. The molecule has 2 saturated heterocycles. The average Bonchev–Trinajstić information content (AvgIpc) is 3.60. The maximum absolute atomic E-state index is 11.8. The van der Waals surface area contributed by atoms with E-state index in [2.05, 4.69) is 28.2 Å². The van der Waals surface area contributed by atoms with E-state index in [4.69, 9.17) is 31.0 Å². The molecular formula is C28H33ClN8O4. The molecule has 2 N–H and O–H groups in total. The van der Waals surface area contributed by atoms with E-state index >= 15 is 0 Å². The molecule has 1 unspecified atom stereocenters. The van der Waals surface area contributed by atoms with E-state index in [1.165, 1.54) is 4.90 Å². The Morgan fingerprint density at radius 2 is 2.15 bits per heavy atom. The number of rotatable bonds is 6. The van der Waals surface area contributed by atoms with Gasteiger partial charge in [-0.1, -0.05) is 11.6 Å². The SMILES string of the molecule is Cc1cc2[nH]ncc2c(C2CCc3c(nc(OC[C@@H]4CCCN4C)nc3N3CCN(C(=O)O)[C@@H](CC#N)C3)O2)c1Cl. The van der Waals surface area contributed by atoms with Crippen molar-refractivity contribution in [1.29, 1.82) is 5.26 Å². The topological polar surface area (TPSA) is 144 Å². The van der Waals surface area contributed by atoms with Crippen LogP contribution in [0.3, 0.4) is 0 Å². The van der Waals surface area contributed by atoms with E-state index in [1.807, 2.05) is 17.9 Å². The van der Waals surface area contributed by atoms with Gasteiger partial charge < -0.3 is 29.3 Å². The number of nitrogens with zero attached hydrogens (tertiary/aromatic N) is 7. The number of aryl methyl sites for hydroxylation is 1. The van der Waals surface area contributed by atoms with Gasteiger partial charge in [0.15, 0.2) is 0 Å². The second kappa shape index (κ2) is 11.2. The molecule has 0 radical (unpaired) electrons. The molecule has 1 aromatic carbocycles. The van der Waals surface area contributed by atoms with Gasteiger partial charge in [0.05, 0.1) is 40.8 Å². The first-order valence-electron chi connectivity index (χ1n) is 14.0. The molecule has 3 aliphatic rings. The number of halogens is 1. The van der Waals surface area contributed by atoms with E-state index in [0.717, 1.165) is 47.0 Å². The van der Waals surface area contributed by atoms with Crippen molar-refractivity contribution in [3.05, 3.63) is 34.0 Å². The minimum Gasteiger partial charge on any atom is -0.469 e. The number of likely N-dealkylation sites (N-methyl/N-ethyl adjacent to an activating group) is 1. The second-order valence-electron chi connectivity index (χ2n) is 11.0. The number of fused-ring (bicyclic) bond motifs is 2. The Bertz CT molecular complexity index is 1510. The van der Waals surface area contributed by atoms with Crippen molar-refractivity contribution >= 4 is 34.4 Å². The summed E-state index contributed by atoms with van der Waals surface area (Å²) < 4.78 is 12.7. The van der Waals surface area contributed by atoms with E-state index in [1.54, 1.807) is 6.20 Å². The zero-order valence-electron chi connectivity index (χ0n) is 23.1. The van der Waals surface area contributed by atoms with Crippen LogP contribution in [0.25, 0.3) is 10.9 Å². The first-order valence-corrected chi connectivity index (χ1v) is 14.4. The number of piperazine rings is 1. The summed E-state index contributed by atoms with van der Waals surface area (Å²) in [5.41, 5.74) is 3.55. The van der Waals surface area contributed by atoms with Gasteiger partial charge in [-0.15, -0.1) is 0 Å². The predicted octanol–water partition coefficient (Wildman–Crippen LogP) is 3.94. The van der Waals surface area contributed by atoms with Crippen LogP contribution in [0.2, 0.25) is 5.02 Å². The maximum atomic E-state index is 11.8. The fraction of sp³-hybridized carbons (Fsp3) is 0.536. The number of carboxylic acid groups (broad SMARTS) is 1. The predicted molar refractivity (Wildman–Crippen MR) is 152 cm³/mol. The maximum Gasteiger partial charge on any atom is 0.407 e. The molecule has 2 fully saturated rings. The van der Waals surface area contributed by atoms with Gasteiger partial charge in [-0.3, -0.25) is 5.10 Å².